The number of anilines is 1. The van der Waals surface area contributed by atoms with E-state index in [0.717, 1.165) is 36.3 Å². The Kier molecular flexibility index (Phi) is 2.07. The minimum atomic E-state index is 0.484. The molecule has 1 saturated heterocycles. The van der Waals surface area contributed by atoms with Crippen LogP contribution in [0.5, 0.6) is 0 Å². The van der Waals surface area contributed by atoms with Crippen molar-refractivity contribution in [3.63, 3.8) is 0 Å². The second-order valence-electron chi connectivity index (χ2n) is 3.83. The van der Waals surface area contributed by atoms with E-state index in [1.54, 1.807) is 12.5 Å². The molecule has 1 aliphatic rings. The molecule has 4 nitrogen and oxygen atoms in total. The molecule has 4 heteroatoms. The highest BCUT2D eigenvalue weighted by Gasteiger charge is 2.15. The summed E-state index contributed by atoms with van der Waals surface area (Å²) in [5, 5.41) is 7.82. The molecule has 0 bridgehead atoms. The van der Waals surface area contributed by atoms with E-state index in [1.807, 2.05) is 12.1 Å². The molecule has 2 aromatic heterocycles. The molecule has 0 saturated carbocycles. The molecule has 0 aromatic carbocycles. The third kappa shape index (κ3) is 1.57. The van der Waals surface area contributed by atoms with Crippen LogP contribution in [0.4, 0.5) is 5.82 Å². The van der Waals surface area contributed by atoms with Gasteiger partial charge in [0.1, 0.15) is 11.4 Å². The Labute approximate surface area is 87.7 Å². The number of rotatable bonds is 2. The fraction of sp³-hybridized carbons (Fsp3) is 0.364. The van der Waals surface area contributed by atoms with Crippen molar-refractivity contribution in [1.29, 1.82) is 0 Å². The smallest absolute Gasteiger partial charge is 0.139 e. The minimum absolute atomic E-state index is 0.484. The Morgan fingerprint density at radius 2 is 2.47 bits per heavy atom. The molecule has 0 aliphatic carbocycles. The van der Waals surface area contributed by atoms with Crippen LogP contribution in [0.25, 0.3) is 11.0 Å². The van der Waals surface area contributed by atoms with Crippen molar-refractivity contribution in [1.82, 2.24) is 10.3 Å². The molecule has 0 unspecified atom stereocenters. The van der Waals surface area contributed by atoms with Crippen LogP contribution in [-0.4, -0.2) is 24.1 Å². The third-order valence-electron chi connectivity index (χ3n) is 2.78. The average Bonchev–Trinajstić information content (AvgIpc) is 2.87. The molecule has 1 atom stereocenters. The van der Waals surface area contributed by atoms with Gasteiger partial charge in [-0.15, -0.1) is 0 Å². The van der Waals surface area contributed by atoms with Gasteiger partial charge in [-0.2, -0.15) is 0 Å². The first-order valence-corrected chi connectivity index (χ1v) is 5.23. The van der Waals surface area contributed by atoms with Gasteiger partial charge in [0.25, 0.3) is 0 Å². The van der Waals surface area contributed by atoms with Gasteiger partial charge in [-0.1, -0.05) is 0 Å². The number of hydrogen-bond acceptors (Lipinski definition) is 4. The molecule has 1 aliphatic heterocycles. The van der Waals surface area contributed by atoms with Crippen molar-refractivity contribution < 1.29 is 4.42 Å². The highest BCUT2D eigenvalue weighted by atomic mass is 16.3. The summed E-state index contributed by atoms with van der Waals surface area (Å²) < 4.78 is 5.33. The van der Waals surface area contributed by atoms with E-state index in [4.69, 9.17) is 4.42 Å². The van der Waals surface area contributed by atoms with Crippen LogP contribution in [-0.2, 0) is 0 Å². The van der Waals surface area contributed by atoms with E-state index in [-0.39, 0.29) is 0 Å². The first-order valence-electron chi connectivity index (χ1n) is 5.23. The third-order valence-corrected chi connectivity index (χ3v) is 2.78. The van der Waals surface area contributed by atoms with E-state index in [1.165, 1.54) is 0 Å². The Balaban J connectivity index is 1.92. The number of fused-ring (bicyclic) bond motifs is 1. The molecule has 3 rings (SSSR count). The lowest BCUT2D eigenvalue weighted by atomic mass is 10.2. The largest absolute Gasteiger partial charge is 0.464 e. The molecule has 78 valence electrons. The molecule has 3 heterocycles. The highest BCUT2D eigenvalue weighted by molar-refractivity contribution is 5.87. The summed E-state index contributed by atoms with van der Waals surface area (Å²) in [5.74, 6) is 0.926. The van der Waals surface area contributed by atoms with E-state index in [9.17, 15) is 0 Å². The molecule has 0 amide bonds. The van der Waals surface area contributed by atoms with Gasteiger partial charge in [0.2, 0.25) is 0 Å². The van der Waals surface area contributed by atoms with Crippen LogP contribution in [0, 0.1) is 0 Å². The lowest BCUT2D eigenvalue weighted by Crippen LogP contribution is -2.22. The Bertz CT molecular complexity index is 460. The van der Waals surface area contributed by atoms with Crippen LogP contribution in [0.2, 0.25) is 0 Å². The van der Waals surface area contributed by atoms with Crippen LogP contribution < -0.4 is 10.6 Å². The number of nitrogens with zero attached hydrogens (tertiary/aromatic N) is 1. The van der Waals surface area contributed by atoms with Crippen LogP contribution >= 0.6 is 0 Å². The summed E-state index contributed by atoms with van der Waals surface area (Å²) in [6.45, 7) is 2.09. The summed E-state index contributed by atoms with van der Waals surface area (Å²) in [6.07, 6.45) is 4.62. The standard InChI is InChI=1S/C11H13N3O/c1-4-12-7-8(1)14-11-9-3-6-15-10(9)2-5-13-11/h2-3,5-6,8,12H,1,4,7H2,(H,13,14)/t8-/m1/s1. The molecule has 0 radical (unpaired) electrons. The lowest BCUT2D eigenvalue weighted by molar-refractivity contribution is 0.615. The van der Waals surface area contributed by atoms with E-state index >= 15 is 0 Å². The first-order chi connectivity index (χ1) is 7.43. The van der Waals surface area contributed by atoms with E-state index in [2.05, 4.69) is 15.6 Å². The van der Waals surface area contributed by atoms with Gasteiger partial charge < -0.3 is 15.1 Å². The van der Waals surface area contributed by atoms with Gasteiger partial charge in [0.05, 0.1) is 11.6 Å². The quantitative estimate of drug-likeness (QED) is 0.778. The highest BCUT2D eigenvalue weighted by Crippen LogP contribution is 2.22. The van der Waals surface area contributed by atoms with Gasteiger partial charge in [0.15, 0.2) is 0 Å². The molecular weight excluding hydrogens is 190 g/mol. The number of furan rings is 1. The normalized spacial score (nSPS) is 20.9. The maximum atomic E-state index is 5.33. The zero-order valence-corrected chi connectivity index (χ0v) is 8.36. The van der Waals surface area contributed by atoms with Crippen molar-refractivity contribution in [3.05, 3.63) is 24.6 Å². The Morgan fingerprint density at radius 1 is 1.47 bits per heavy atom. The maximum absolute atomic E-state index is 5.33. The van der Waals surface area contributed by atoms with Crippen LogP contribution in [0.3, 0.4) is 0 Å². The summed E-state index contributed by atoms with van der Waals surface area (Å²) in [5.41, 5.74) is 0.887. The first kappa shape index (κ1) is 8.73. The zero-order valence-electron chi connectivity index (χ0n) is 8.36. The van der Waals surface area contributed by atoms with E-state index < -0.39 is 0 Å². The van der Waals surface area contributed by atoms with Crippen LogP contribution in [0.15, 0.2) is 29.0 Å². The van der Waals surface area contributed by atoms with Crippen molar-refractivity contribution in [2.45, 2.75) is 12.5 Å². The van der Waals surface area contributed by atoms with Gasteiger partial charge >= 0.3 is 0 Å². The summed E-state index contributed by atoms with van der Waals surface area (Å²) >= 11 is 0. The predicted molar refractivity (Wildman–Crippen MR) is 58.9 cm³/mol. The Hall–Kier alpha value is -1.55. The van der Waals surface area contributed by atoms with Crippen LogP contribution in [0.1, 0.15) is 6.42 Å². The summed E-state index contributed by atoms with van der Waals surface area (Å²) in [4.78, 5) is 4.34. The molecular formula is C11H13N3O. The van der Waals surface area contributed by atoms with Crippen molar-refractivity contribution in [3.8, 4) is 0 Å². The predicted octanol–water partition coefficient (Wildman–Crippen LogP) is 1.60. The molecule has 15 heavy (non-hydrogen) atoms. The molecule has 2 N–H and O–H groups in total. The summed E-state index contributed by atoms with van der Waals surface area (Å²) in [6, 6.07) is 4.32. The van der Waals surface area contributed by atoms with E-state index in [0.29, 0.717) is 6.04 Å². The monoisotopic (exact) mass is 203 g/mol. The molecule has 2 aromatic rings. The minimum Gasteiger partial charge on any atom is -0.464 e. The summed E-state index contributed by atoms with van der Waals surface area (Å²) in [7, 11) is 0. The number of aromatic nitrogens is 1. The van der Waals surface area contributed by atoms with Crippen molar-refractivity contribution in [2.75, 3.05) is 18.4 Å². The maximum Gasteiger partial charge on any atom is 0.139 e. The zero-order chi connectivity index (χ0) is 10.1. The lowest BCUT2D eigenvalue weighted by Gasteiger charge is -2.11. The van der Waals surface area contributed by atoms with Crippen molar-refractivity contribution >= 4 is 16.8 Å². The van der Waals surface area contributed by atoms with Gasteiger partial charge in [-0.05, 0) is 25.1 Å². The fourth-order valence-corrected chi connectivity index (χ4v) is 1.98. The number of hydrogen-bond donors (Lipinski definition) is 2. The number of nitrogens with one attached hydrogen (secondary N) is 2. The van der Waals surface area contributed by atoms with Gasteiger partial charge in [0, 0.05) is 18.8 Å². The topological polar surface area (TPSA) is 50.1 Å². The second-order valence-corrected chi connectivity index (χ2v) is 3.83. The van der Waals surface area contributed by atoms with Gasteiger partial charge in [-0.3, -0.25) is 0 Å². The average molecular weight is 203 g/mol. The number of pyridine rings is 1. The Morgan fingerprint density at radius 3 is 3.33 bits per heavy atom. The molecule has 1 fully saturated rings. The second kappa shape index (κ2) is 3.55. The SMILES string of the molecule is c1cc2occc2c(N[C@@H]2CCNC2)n1. The van der Waals surface area contributed by atoms with Crippen molar-refractivity contribution in [2.24, 2.45) is 0 Å². The van der Waals surface area contributed by atoms with Gasteiger partial charge in [-0.25, -0.2) is 4.98 Å². The molecule has 0 spiro atoms. The fourth-order valence-electron chi connectivity index (χ4n) is 1.98.